The highest BCUT2D eigenvalue weighted by atomic mass is 16.1. The van der Waals surface area contributed by atoms with Crippen molar-refractivity contribution in [2.24, 2.45) is 11.5 Å². The summed E-state index contributed by atoms with van der Waals surface area (Å²) in [6.07, 6.45) is 2.21. The van der Waals surface area contributed by atoms with E-state index in [2.05, 4.69) is 4.90 Å². The Morgan fingerprint density at radius 1 is 1.53 bits per heavy atom. The molecule has 4 heteroatoms. The van der Waals surface area contributed by atoms with Gasteiger partial charge in [0, 0.05) is 19.1 Å². The summed E-state index contributed by atoms with van der Waals surface area (Å²) in [5.41, 5.74) is 13.9. The van der Waals surface area contributed by atoms with Gasteiger partial charge >= 0.3 is 0 Å². The summed E-state index contributed by atoms with van der Waals surface area (Å²) in [6, 6.07) is 6.07. The monoisotopic (exact) mass is 233 g/mol. The first kappa shape index (κ1) is 11.9. The zero-order valence-corrected chi connectivity index (χ0v) is 10.1. The van der Waals surface area contributed by atoms with Crippen LogP contribution in [-0.2, 0) is 0 Å². The zero-order valence-electron chi connectivity index (χ0n) is 10.1. The van der Waals surface area contributed by atoms with Gasteiger partial charge in [0.25, 0.3) is 5.91 Å². The minimum Gasteiger partial charge on any atom is -0.367 e. The zero-order chi connectivity index (χ0) is 12.4. The average molecular weight is 233 g/mol. The molecule has 0 bridgehead atoms. The van der Waals surface area contributed by atoms with E-state index in [0.29, 0.717) is 18.2 Å². The van der Waals surface area contributed by atoms with Gasteiger partial charge in [0.15, 0.2) is 0 Å². The Kier molecular flexibility index (Phi) is 3.33. The van der Waals surface area contributed by atoms with Gasteiger partial charge in [0.2, 0.25) is 0 Å². The number of carbonyl (C=O) groups is 1. The summed E-state index contributed by atoms with van der Waals surface area (Å²) in [5.74, 6) is -0.373. The minimum atomic E-state index is -0.373. The Bertz CT molecular complexity index is 431. The molecule has 4 N–H and O–H groups in total. The maximum Gasteiger partial charge on any atom is 0.250 e. The molecule has 1 fully saturated rings. The summed E-state index contributed by atoms with van der Waals surface area (Å²) >= 11 is 0. The molecule has 0 aromatic heterocycles. The quantitative estimate of drug-likeness (QED) is 0.818. The molecule has 1 aliphatic rings. The highest BCUT2D eigenvalue weighted by Gasteiger charge is 2.26. The van der Waals surface area contributed by atoms with Crippen LogP contribution in [0.4, 0.5) is 5.69 Å². The van der Waals surface area contributed by atoms with Crippen molar-refractivity contribution in [2.75, 3.05) is 18.0 Å². The highest BCUT2D eigenvalue weighted by Crippen LogP contribution is 2.29. The number of carbonyl (C=O) groups excluding carboxylic acids is 1. The van der Waals surface area contributed by atoms with Crippen molar-refractivity contribution < 1.29 is 4.79 Å². The van der Waals surface area contributed by atoms with E-state index >= 15 is 0 Å². The Labute approximate surface area is 102 Å². The first-order valence-corrected chi connectivity index (χ1v) is 6.00. The third-order valence-electron chi connectivity index (χ3n) is 3.38. The molecule has 92 valence electrons. The van der Waals surface area contributed by atoms with Gasteiger partial charge in [-0.15, -0.1) is 0 Å². The second-order valence-corrected chi connectivity index (χ2v) is 4.61. The third-order valence-corrected chi connectivity index (χ3v) is 3.38. The molecule has 1 atom stereocenters. The van der Waals surface area contributed by atoms with Crippen molar-refractivity contribution in [1.82, 2.24) is 0 Å². The molecular formula is C13H19N3O. The number of primary amides is 1. The van der Waals surface area contributed by atoms with E-state index in [1.54, 1.807) is 6.07 Å². The van der Waals surface area contributed by atoms with E-state index in [0.717, 1.165) is 30.6 Å². The summed E-state index contributed by atoms with van der Waals surface area (Å²) in [5, 5.41) is 0. The Hall–Kier alpha value is -1.55. The fourth-order valence-electron chi connectivity index (χ4n) is 2.49. The second kappa shape index (κ2) is 4.75. The van der Waals surface area contributed by atoms with E-state index < -0.39 is 0 Å². The van der Waals surface area contributed by atoms with Crippen LogP contribution in [0.25, 0.3) is 0 Å². The molecular weight excluding hydrogens is 214 g/mol. The summed E-state index contributed by atoms with van der Waals surface area (Å²) < 4.78 is 0. The van der Waals surface area contributed by atoms with Gasteiger partial charge in [-0.1, -0.05) is 6.07 Å². The summed E-state index contributed by atoms with van der Waals surface area (Å²) in [7, 11) is 0. The molecule has 1 heterocycles. The van der Waals surface area contributed by atoms with E-state index in [1.807, 2.05) is 19.1 Å². The van der Waals surface area contributed by atoms with Gasteiger partial charge in [-0.2, -0.15) is 0 Å². The van der Waals surface area contributed by atoms with Crippen LogP contribution in [0, 0.1) is 6.92 Å². The van der Waals surface area contributed by atoms with Gasteiger partial charge in [0.05, 0.1) is 11.3 Å². The number of rotatable bonds is 3. The average Bonchev–Trinajstić information content (AvgIpc) is 2.76. The smallest absolute Gasteiger partial charge is 0.250 e. The molecule has 1 unspecified atom stereocenters. The summed E-state index contributed by atoms with van der Waals surface area (Å²) in [6.45, 7) is 3.58. The first-order chi connectivity index (χ1) is 8.13. The van der Waals surface area contributed by atoms with E-state index in [1.165, 1.54) is 0 Å². The lowest BCUT2D eigenvalue weighted by Crippen LogP contribution is -2.36. The number of benzene rings is 1. The van der Waals surface area contributed by atoms with Crippen molar-refractivity contribution in [3.05, 3.63) is 29.3 Å². The molecule has 0 aliphatic carbocycles. The topological polar surface area (TPSA) is 72.4 Å². The molecule has 1 aliphatic heterocycles. The predicted molar refractivity (Wildman–Crippen MR) is 69.1 cm³/mol. The number of hydrogen-bond acceptors (Lipinski definition) is 3. The molecule has 0 spiro atoms. The molecule has 0 saturated carbocycles. The van der Waals surface area contributed by atoms with Crippen LogP contribution in [0.2, 0.25) is 0 Å². The maximum atomic E-state index is 11.4. The van der Waals surface area contributed by atoms with Gasteiger partial charge in [-0.3, -0.25) is 4.79 Å². The van der Waals surface area contributed by atoms with Crippen molar-refractivity contribution in [2.45, 2.75) is 25.8 Å². The molecule has 1 aromatic rings. The lowest BCUT2D eigenvalue weighted by atomic mass is 10.1. The van der Waals surface area contributed by atoms with E-state index in [-0.39, 0.29) is 5.91 Å². The maximum absolute atomic E-state index is 11.4. The van der Waals surface area contributed by atoms with Crippen LogP contribution >= 0.6 is 0 Å². The number of nitrogens with two attached hydrogens (primary N) is 2. The Morgan fingerprint density at radius 3 is 2.94 bits per heavy atom. The minimum absolute atomic E-state index is 0.329. The van der Waals surface area contributed by atoms with Crippen LogP contribution in [0.15, 0.2) is 18.2 Å². The Morgan fingerprint density at radius 2 is 2.29 bits per heavy atom. The van der Waals surface area contributed by atoms with Gasteiger partial charge in [-0.05, 0) is 37.5 Å². The van der Waals surface area contributed by atoms with Gasteiger partial charge < -0.3 is 16.4 Å². The molecule has 2 rings (SSSR count). The molecule has 4 nitrogen and oxygen atoms in total. The van der Waals surface area contributed by atoms with Crippen LogP contribution in [0.5, 0.6) is 0 Å². The first-order valence-electron chi connectivity index (χ1n) is 6.00. The number of anilines is 1. The number of nitrogens with zero attached hydrogens (tertiary/aromatic N) is 1. The molecule has 1 aromatic carbocycles. The predicted octanol–water partition coefficient (Wildman–Crippen LogP) is 1.02. The molecule has 1 amide bonds. The Balaban J connectivity index is 2.42. The highest BCUT2D eigenvalue weighted by molar-refractivity contribution is 5.99. The SMILES string of the molecule is Cc1ccc(C(N)=O)c(N2CCCC2CN)c1. The fourth-order valence-corrected chi connectivity index (χ4v) is 2.49. The molecule has 1 saturated heterocycles. The van der Waals surface area contributed by atoms with Gasteiger partial charge in [0.1, 0.15) is 0 Å². The standard InChI is InChI=1S/C13H19N3O/c1-9-4-5-11(13(15)17)12(7-9)16-6-2-3-10(16)8-14/h4-5,7,10H,2-3,6,8,14H2,1H3,(H2,15,17). The second-order valence-electron chi connectivity index (χ2n) is 4.61. The van der Waals surface area contributed by atoms with Crippen LogP contribution < -0.4 is 16.4 Å². The van der Waals surface area contributed by atoms with E-state index in [4.69, 9.17) is 11.5 Å². The number of amides is 1. The van der Waals surface area contributed by atoms with Crippen molar-refractivity contribution >= 4 is 11.6 Å². The third kappa shape index (κ3) is 2.26. The van der Waals surface area contributed by atoms with Crippen LogP contribution in [0.3, 0.4) is 0 Å². The summed E-state index contributed by atoms with van der Waals surface area (Å²) in [4.78, 5) is 13.7. The van der Waals surface area contributed by atoms with Crippen LogP contribution in [0.1, 0.15) is 28.8 Å². The largest absolute Gasteiger partial charge is 0.367 e. The normalized spacial score (nSPS) is 19.6. The van der Waals surface area contributed by atoms with Crippen molar-refractivity contribution in [1.29, 1.82) is 0 Å². The lowest BCUT2D eigenvalue weighted by Gasteiger charge is -2.27. The lowest BCUT2D eigenvalue weighted by molar-refractivity contribution is 0.100. The van der Waals surface area contributed by atoms with Crippen LogP contribution in [-0.4, -0.2) is 25.0 Å². The molecule has 0 radical (unpaired) electrons. The number of hydrogen-bond donors (Lipinski definition) is 2. The van der Waals surface area contributed by atoms with E-state index in [9.17, 15) is 4.79 Å². The molecule has 17 heavy (non-hydrogen) atoms. The van der Waals surface area contributed by atoms with Crippen molar-refractivity contribution in [3.63, 3.8) is 0 Å². The number of aryl methyl sites for hydroxylation is 1. The van der Waals surface area contributed by atoms with Gasteiger partial charge in [-0.25, -0.2) is 0 Å². The fraction of sp³-hybridized carbons (Fsp3) is 0.462. The van der Waals surface area contributed by atoms with Crippen molar-refractivity contribution in [3.8, 4) is 0 Å².